The zero-order chi connectivity index (χ0) is 19.2. The van der Waals surface area contributed by atoms with Crippen molar-refractivity contribution in [2.75, 3.05) is 18.4 Å². The van der Waals surface area contributed by atoms with Crippen LogP contribution in [-0.2, 0) is 9.59 Å². The maximum Gasteiger partial charge on any atom is 0.224 e. The Bertz CT molecular complexity index is 789. The molecule has 1 aromatic carbocycles. The molecule has 0 spiro atoms. The van der Waals surface area contributed by atoms with E-state index in [4.69, 9.17) is 0 Å². The summed E-state index contributed by atoms with van der Waals surface area (Å²) in [6.45, 7) is 5.64. The first-order chi connectivity index (χ1) is 13.1. The van der Waals surface area contributed by atoms with Gasteiger partial charge in [-0.2, -0.15) is 0 Å². The van der Waals surface area contributed by atoms with Gasteiger partial charge >= 0.3 is 0 Å². The lowest BCUT2D eigenvalue weighted by atomic mass is 9.85. The number of H-pyrrole nitrogens is 1. The van der Waals surface area contributed by atoms with E-state index < -0.39 is 0 Å². The number of imidazole rings is 1. The van der Waals surface area contributed by atoms with Crippen LogP contribution in [0.5, 0.6) is 0 Å². The fraction of sp³-hybridized carbons (Fsp3) is 0.571. The highest BCUT2D eigenvalue weighted by atomic mass is 16.2. The molecule has 0 atom stereocenters. The summed E-state index contributed by atoms with van der Waals surface area (Å²) in [6, 6.07) is 5.72. The number of anilines is 1. The lowest BCUT2D eigenvalue weighted by molar-refractivity contribution is -0.132. The van der Waals surface area contributed by atoms with Crippen molar-refractivity contribution in [2.24, 2.45) is 0 Å². The number of carbonyl (C=O) groups is 2. The van der Waals surface area contributed by atoms with E-state index in [-0.39, 0.29) is 24.7 Å². The summed E-state index contributed by atoms with van der Waals surface area (Å²) < 4.78 is 0. The van der Waals surface area contributed by atoms with Crippen molar-refractivity contribution in [1.29, 1.82) is 0 Å². The quantitative estimate of drug-likeness (QED) is 0.694. The Morgan fingerprint density at radius 1 is 1.19 bits per heavy atom. The van der Waals surface area contributed by atoms with Crippen LogP contribution in [0.15, 0.2) is 18.2 Å². The van der Waals surface area contributed by atoms with E-state index in [1.54, 1.807) is 0 Å². The molecule has 2 aromatic rings. The molecule has 0 saturated heterocycles. The zero-order valence-electron chi connectivity index (χ0n) is 16.4. The van der Waals surface area contributed by atoms with Crippen molar-refractivity contribution in [3.63, 3.8) is 0 Å². The average Bonchev–Trinajstić information content (AvgIpc) is 3.00. The Morgan fingerprint density at radius 3 is 2.56 bits per heavy atom. The second kappa shape index (κ2) is 9.02. The first-order valence-corrected chi connectivity index (χ1v) is 10.2. The Hall–Kier alpha value is -2.37. The van der Waals surface area contributed by atoms with Crippen molar-refractivity contribution in [1.82, 2.24) is 14.9 Å². The molecule has 1 aliphatic rings. The van der Waals surface area contributed by atoms with Gasteiger partial charge in [0.15, 0.2) is 0 Å². The average molecular weight is 370 g/mol. The number of nitrogens with zero attached hydrogens (tertiary/aromatic N) is 2. The monoisotopic (exact) mass is 370 g/mol. The summed E-state index contributed by atoms with van der Waals surface area (Å²) in [4.78, 5) is 34.4. The van der Waals surface area contributed by atoms with E-state index in [1.165, 1.54) is 19.3 Å². The highest BCUT2D eigenvalue weighted by Gasteiger charge is 2.22. The number of aromatic nitrogens is 2. The molecule has 2 amide bonds. The highest BCUT2D eigenvalue weighted by molar-refractivity contribution is 5.95. The van der Waals surface area contributed by atoms with Gasteiger partial charge < -0.3 is 15.2 Å². The lowest BCUT2D eigenvalue weighted by Gasteiger charge is -2.22. The Morgan fingerprint density at radius 2 is 1.93 bits per heavy atom. The number of nitrogens with one attached hydrogen (secondary N) is 2. The van der Waals surface area contributed by atoms with Gasteiger partial charge in [-0.05, 0) is 43.9 Å². The van der Waals surface area contributed by atoms with Gasteiger partial charge in [0.05, 0.1) is 11.0 Å². The second-order valence-corrected chi connectivity index (χ2v) is 7.41. The van der Waals surface area contributed by atoms with Crippen LogP contribution in [0.2, 0.25) is 0 Å². The van der Waals surface area contributed by atoms with E-state index in [1.807, 2.05) is 23.1 Å². The standard InChI is InChI=1S/C21H30N4O2/c1-3-12-25(13-4-2)20(27)11-10-19(26)22-16-8-9-17-18(14-16)24-21(23-17)15-6-5-7-15/h8-9,14-15H,3-7,10-13H2,1-2H3,(H,22,26)(H,23,24). The van der Waals surface area contributed by atoms with Gasteiger partial charge in [-0.1, -0.05) is 20.3 Å². The van der Waals surface area contributed by atoms with Crippen molar-refractivity contribution in [2.45, 2.75) is 64.7 Å². The molecular weight excluding hydrogens is 340 g/mol. The first kappa shape index (κ1) is 19.4. The van der Waals surface area contributed by atoms with Gasteiger partial charge in [0.2, 0.25) is 11.8 Å². The Labute approximate surface area is 160 Å². The summed E-state index contributed by atoms with van der Waals surface area (Å²) in [5, 5.41) is 2.90. The maximum atomic E-state index is 12.3. The molecule has 1 aromatic heterocycles. The van der Waals surface area contributed by atoms with Gasteiger partial charge in [0, 0.05) is 37.5 Å². The number of fused-ring (bicyclic) bond motifs is 1. The summed E-state index contributed by atoms with van der Waals surface area (Å²) in [5.74, 6) is 1.53. The molecule has 1 fully saturated rings. The van der Waals surface area contributed by atoms with Gasteiger partial charge in [-0.3, -0.25) is 9.59 Å². The van der Waals surface area contributed by atoms with Crippen molar-refractivity contribution in [3.05, 3.63) is 24.0 Å². The van der Waals surface area contributed by atoms with Crippen LogP contribution >= 0.6 is 0 Å². The molecule has 3 rings (SSSR count). The number of amides is 2. The Kier molecular flexibility index (Phi) is 6.48. The molecule has 0 radical (unpaired) electrons. The van der Waals surface area contributed by atoms with Crippen molar-refractivity contribution in [3.8, 4) is 0 Å². The predicted octanol–water partition coefficient (Wildman–Crippen LogP) is 4.20. The number of hydrogen-bond acceptors (Lipinski definition) is 3. The number of hydrogen-bond donors (Lipinski definition) is 2. The first-order valence-electron chi connectivity index (χ1n) is 10.2. The van der Waals surface area contributed by atoms with E-state index >= 15 is 0 Å². The number of carbonyl (C=O) groups excluding carboxylic acids is 2. The van der Waals surface area contributed by atoms with E-state index in [9.17, 15) is 9.59 Å². The number of benzene rings is 1. The second-order valence-electron chi connectivity index (χ2n) is 7.41. The van der Waals surface area contributed by atoms with Crippen LogP contribution in [0.4, 0.5) is 5.69 Å². The molecule has 1 heterocycles. The molecule has 1 aliphatic carbocycles. The molecule has 6 heteroatoms. The minimum Gasteiger partial charge on any atom is -0.343 e. The molecular formula is C21H30N4O2. The molecule has 2 N–H and O–H groups in total. The molecule has 0 aliphatic heterocycles. The van der Waals surface area contributed by atoms with Gasteiger partial charge in [0.1, 0.15) is 5.82 Å². The third kappa shape index (κ3) is 4.87. The molecule has 0 bridgehead atoms. The topological polar surface area (TPSA) is 78.1 Å². The van der Waals surface area contributed by atoms with Crippen LogP contribution in [0.1, 0.15) is 70.5 Å². The third-order valence-corrected chi connectivity index (χ3v) is 5.18. The number of aromatic amines is 1. The van der Waals surface area contributed by atoms with Crippen LogP contribution < -0.4 is 5.32 Å². The van der Waals surface area contributed by atoms with Gasteiger partial charge in [0.25, 0.3) is 0 Å². The summed E-state index contributed by atoms with van der Waals surface area (Å²) in [5.41, 5.74) is 2.62. The minimum atomic E-state index is -0.130. The zero-order valence-corrected chi connectivity index (χ0v) is 16.4. The number of rotatable bonds is 9. The SMILES string of the molecule is CCCN(CCC)C(=O)CCC(=O)Nc1ccc2nc(C3CCC3)[nH]c2c1. The van der Waals surface area contributed by atoms with E-state index in [0.717, 1.165) is 48.5 Å². The largest absolute Gasteiger partial charge is 0.343 e. The van der Waals surface area contributed by atoms with Crippen LogP contribution in [0.25, 0.3) is 11.0 Å². The molecule has 6 nitrogen and oxygen atoms in total. The van der Waals surface area contributed by atoms with E-state index in [0.29, 0.717) is 5.92 Å². The summed E-state index contributed by atoms with van der Waals surface area (Å²) in [7, 11) is 0. The third-order valence-electron chi connectivity index (χ3n) is 5.18. The van der Waals surface area contributed by atoms with Crippen molar-refractivity contribution >= 4 is 28.5 Å². The van der Waals surface area contributed by atoms with Crippen LogP contribution in [0.3, 0.4) is 0 Å². The normalized spacial score (nSPS) is 14.1. The lowest BCUT2D eigenvalue weighted by Crippen LogP contribution is -2.33. The van der Waals surface area contributed by atoms with Crippen LogP contribution in [0, 0.1) is 0 Å². The highest BCUT2D eigenvalue weighted by Crippen LogP contribution is 2.35. The molecule has 0 unspecified atom stereocenters. The smallest absolute Gasteiger partial charge is 0.224 e. The van der Waals surface area contributed by atoms with E-state index in [2.05, 4.69) is 29.1 Å². The van der Waals surface area contributed by atoms with Crippen molar-refractivity contribution < 1.29 is 9.59 Å². The summed E-state index contributed by atoms with van der Waals surface area (Å²) in [6.07, 6.45) is 6.00. The summed E-state index contributed by atoms with van der Waals surface area (Å²) >= 11 is 0. The Balaban J connectivity index is 1.54. The van der Waals surface area contributed by atoms with Gasteiger partial charge in [-0.25, -0.2) is 4.98 Å². The molecule has 1 saturated carbocycles. The molecule has 146 valence electrons. The van der Waals surface area contributed by atoms with Crippen LogP contribution in [-0.4, -0.2) is 39.8 Å². The minimum absolute atomic E-state index is 0.0583. The van der Waals surface area contributed by atoms with Gasteiger partial charge in [-0.15, -0.1) is 0 Å². The maximum absolute atomic E-state index is 12.3. The fourth-order valence-corrected chi connectivity index (χ4v) is 3.49. The molecule has 27 heavy (non-hydrogen) atoms. The predicted molar refractivity (Wildman–Crippen MR) is 108 cm³/mol. The fourth-order valence-electron chi connectivity index (χ4n) is 3.49.